The summed E-state index contributed by atoms with van der Waals surface area (Å²) in [6.45, 7) is 3.88. The maximum Gasteiger partial charge on any atom is 0.0169 e. The van der Waals surface area contributed by atoms with Crippen LogP contribution in [0.4, 0.5) is 0 Å². The summed E-state index contributed by atoms with van der Waals surface area (Å²) in [7, 11) is 2.14. The Balaban J connectivity index is 3.24. The topological polar surface area (TPSA) is 67.3 Å². The van der Waals surface area contributed by atoms with Gasteiger partial charge in [0.15, 0.2) is 0 Å². The predicted octanol–water partition coefficient (Wildman–Crippen LogP) is 2.80. The lowest BCUT2D eigenvalue weighted by Gasteiger charge is -2.13. The molecule has 0 saturated heterocycles. The minimum atomic E-state index is 0.834. The summed E-state index contributed by atoms with van der Waals surface area (Å²) in [5, 5.41) is 3.36. The molecule has 0 aliphatic heterocycles. The van der Waals surface area contributed by atoms with Crippen LogP contribution in [0.25, 0.3) is 0 Å². The molecule has 0 aromatic carbocycles. The van der Waals surface area contributed by atoms with Crippen LogP contribution in [0.15, 0.2) is 12.4 Å². The van der Waals surface area contributed by atoms with Crippen molar-refractivity contribution < 1.29 is 0 Å². The lowest BCUT2D eigenvalue weighted by molar-refractivity contribution is 0.427. The Labute approximate surface area is 132 Å². The Hall–Kier alpha value is -0.740. The fraction of sp³-hybridized carbons (Fsp3) is 0.882. The van der Waals surface area contributed by atoms with E-state index in [0.717, 1.165) is 26.2 Å². The molecule has 0 bridgehead atoms. The van der Waals surface area contributed by atoms with Gasteiger partial charge < -0.3 is 21.7 Å². The zero-order valence-corrected chi connectivity index (χ0v) is 14.2. The largest absolute Gasteiger partial charge is 0.390 e. The van der Waals surface area contributed by atoms with E-state index in [-0.39, 0.29) is 0 Å². The second kappa shape index (κ2) is 17.3. The number of nitrogens with two attached hydrogens (primary N) is 2. The van der Waals surface area contributed by atoms with Gasteiger partial charge in [-0.15, -0.1) is 0 Å². The van der Waals surface area contributed by atoms with Crippen LogP contribution in [0.5, 0.6) is 0 Å². The minimum Gasteiger partial charge on any atom is -0.390 e. The van der Waals surface area contributed by atoms with E-state index in [2.05, 4.69) is 29.7 Å². The zero-order valence-electron chi connectivity index (χ0n) is 14.2. The summed E-state index contributed by atoms with van der Waals surface area (Å²) in [6.07, 6.45) is 16.9. The molecule has 0 fully saturated rings. The second-order valence-electron chi connectivity index (χ2n) is 5.86. The van der Waals surface area contributed by atoms with Crippen molar-refractivity contribution in [2.24, 2.45) is 11.5 Å². The second-order valence-corrected chi connectivity index (χ2v) is 5.86. The van der Waals surface area contributed by atoms with Crippen molar-refractivity contribution in [3.8, 4) is 0 Å². The molecule has 0 radical (unpaired) electrons. The Bertz CT molecular complexity index is 219. The first-order valence-corrected chi connectivity index (χ1v) is 8.81. The molecule has 4 heteroatoms. The van der Waals surface area contributed by atoms with E-state index >= 15 is 0 Å². The number of unbranched alkanes of at least 4 members (excludes halogenated alkanes) is 8. The van der Waals surface area contributed by atoms with Crippen molar-refractivity contribution in [2.75, 3.05) is 33.2 Å². The molecule has 0 spiro atoms. The van der Waals surface area contributed by atoms with Crippen molar-refractivity contribution in [1.29, 1.82) is 0 Å². The maximum atomic E-state index is 5.48. The molecule has 21 heavy (non-hydrogen) atoms. The van der Waals surface area contributed by atoms with E-state index in [1.807, 2.05) is 0 Å². The lowest BCUT2D eigenvalue weighted by atomic mass is 10.1. The van der Waals surface area contributed by atoms with E-state index in [9.17, 15) is 0 Å². The van der Waals surface area contributed by atoms with Crippen molar-refractivity contribution in [3.05, 3.63) is 12.4 Å². The van der Waals surface area contributed by atoms with Gasteiger partial charge in [0.25, 0.3) is 0 Å². The molecule has 0 aromatic heterocycles. The molecule has 0 amide bonds. The van der Waals surface area contributed by atoms with Crippen LogP contribution >= 0.6 is 0 Å². The van der Waals surface area contributed by atoms with Gasteiger partial charge >= 0.3 is 0 Å². The monoisotopic (exact) mass is 298 g/mol. The van der Waals surface area contributed by atoms with E-state index < -0.39 is 0 Å². The third-order valence-electron chi connectivity index (χ3n) is 3.69. The lowest BCUT2D eigenvalue weighted by Crippen LogP contribution is -2.15. The molecule has 126 valence electrons. The van der Waals surface area contributed by atoms with Crippen LogP contribution in [-0.4, -0.2) is 38.1 Å². The van der Waals surface area contributed by atoms with Gasteiger partial charge in [0.05, 0.1) is 0 Å². The zero-order chi connectivity index (χ0) is 15.6. The Morgan fingerprint density at radius 1 is 0.762 bits per heavy atom. The Morgan fingerprint density at radius 3 is 1.90 bits per heavy atom. The SMILES string of the molecule is CN(/C=C\NCCCCCCCN)CCCCCCCN. The summed E-state index contributed by atoms with van der Waals surface area (Å²) in [4.78, 5) is 2.26. The first-order valence-electron chi connectivity index (χ1n) is 8.81. The molecule has 0 heterocycles. The van der Waals surface area contributed by atoms with Gasteiger partial charge in [0.2, 0.25) is 0 Å². The van der Waals surface area contributed by atoms with E-state index in [0.29, 0.717) is 0 Å². The van der Waals surface area contributed by atoms with Crippen molar-refractivity contribution in [2.45, 2.75) is 64.2 Å². The molecule has 5 N–H and O–H groups in total. The van der Waals surface area contributed by atoms with Crippen LogP contribution < -0.4 is 16.8 Å². The molecule has 0 aromatic rings. The van der Waals surface area contributed by atoms with Crippen LogP contribution in [0.1, 0.15) is 64.2 Å². The third kappa shape index (κ3) is 17.2. The third-order valence-corrected chi connectivity index (χ3v) is 3.69. The fourth-order valence-corrected chi connectivity index (χ4v) is 2.28. The maximum absolute atomic E-state index is 5.48. The minimum absolute atomic E-state index is 0.834. The summed E-state index contributed by atoms with van der Waals surface area (Å²) in [5.41, 5.74) is 11.0. The highest BCUT2D eigenvalue weighted by Gasteiger charge is 1.93. The van der Waals surface area contributed by atoms with Crippen molar-refractivity contribution in [3.63, 3.8) is 0 Å². The van der Waals surface area contributed by atoms with E-state index in [4.69, 9.17) is 11.5 Å². The molecule has 0 aliphatic rings. The van der Waals surface area contributed by atoms with E-state index in [1.54, 1.807) is 0 Å². The molecule has 0 atom stereocenters. The van der Waals surface area contributed by atoms with Crippen molar-refractivity contribution >= 4 is 0 Å². The van der Waals surface area contributed by atoms with E-state index in [1.165, 1.54) is 64.2 Å². The molecule has 0 saturated carbocycles. The van der Waals surface area contributed by atoms with Gasteiger partial charge in [-0.1, -0.05) is 38.5 Å². The molecule has 0 aliphatic carbocycles. The first-order chi connectivity index (χ1) is 10.3. The van der Waals surface area contributed by atoms with Crippen LogP contribution in [0, 0.1) is 0 Å². The highest BCUT2D eigenvalue weighted by molar-refractivity contribution is 4.78. The van der Waals surface area contributed by atoms with Crippen LogP contribution in [0.3, 0.4) is 0 Å². The molecular formula is C17H38N4. The van der Waals surface area contributed by atoms with Crippen molar-refractivity contribution in [1.82, 2.24) is 10.2 Å². The summed E-state index contributed by atoms with van der Waals surface area (Å²) in [5.74, 6) is 0. The van der Waals surface area contributed by atoms with Gasteiger partial charge in [0.1, 0.15) is 0 Å². The Morgan fingerprint density at radius 2 is 1.29 bits per heavy atom. The molecule has 4 nitrogen and oxygen atoms in total. The number of hydrogen-bond donors (Lipinski definition) is 3. The molecular weight excluding hydrogens is 260 g/mol. The van der Waals surface area contributed by atoms with Gasteiger partial charge in [-0.2, -0.15) is 0 Å². The van der Waals surface area contributed by atoms with Crippen LogP contribution in [-0.2, 0) is 0 Å². The van der Waals surface area contributed by atoms with Gasteiger partial charge in [-0.05, 0) is 38.8 Å². The number of rotatable bonds is 16. The summed E-state index contributed by atoms with van der Waals surface area (Å²) >= 11 is 0. The number of nitrogens with one attached hydrogen (secondary N) is 1. The average molecular weight is 299 g/mol. The molecule has 0 unspecified atom stereocenters. The van der Waals surface area contributed by atoms with Crippen LogP contribution in [0.2, 0.25) is 0 Å². The number of hydrogen-bond acceptors (Lipinski definition) is 4. The first kappa shape index (κ1) is 20.3. The standard InChI is InChI=1S/C17H38N4/c1-21(16-11-7-3-5-9-13-19)17-15-20-14-10-6-2-4-8-12-18/h15,17,20H,2-14,16,18-19H2,1H3/b17-15-. The van der Waals surface area contributed by atoms with Gasteiger partial charge in [0, 0.05) is 32.5 Å². The predicted molar refractivity (Wildman–Crippen MR) is 94.1 cm³/mol. The highest BCUT2D eigenvalue weighted by Crippen LogP contribution is 2.03. The van der Waals surface area contributed by atoms with Gasteiger partial charge in [-0.25, -0.2) is 0 Å². The normalized spacial score (nSPS) is 11.2. The summed E-state index contributed by atoms with van der Waals surface area (Å²) in [6, 6.07) is 0. The van der Waals surface area contributed by atoms with Gasteiger partial charge in [-0.3, -0.25) is 0 Å². The number of nitrogens with zero attached hydrogens (tertiary/aromatic N) is 1. The molecule has 0 rings (SSSR count). The quantitative estimate of drug-likeness (QED) is 0.383. The Kier molecular flexibility index (Phi) is 16.7. The smallest absolute Gasteiger partial charge is 0.0169 e. The summed E-state index contributed by atoms with van der Waals surface area (Å²) < 4.78 is 0. The fourth-order valence-electron chi connectivity index (χ4n) is 2.28. The highest BCUT2D eigenvalue weighted by atomic mass is 15.1. The average Bonchev–Trinajstić information content (AvgIpc) is 2.49.